The van der Waals surface area contributed by atoms with Gasteiger partial charge in [0.15, 0.2) is 11.4 Å². The van der Waals surface area contributed by atoms with E-state index >= 15 is 0 Å². The van der Waals surface area contributed by atoms with E-state index in [4.69, 9.17) is 28.5 Å². The van der Waals surface area contributed by atoms with Gasteiger partial charge in [0, 0.05) is 4.90 Å². The van der Waals surface area contributed by atoms with Crippen LogP contribution in [0, 0.1) is 11.5 Å². The fourth-order valence-electron chi connectivity index (χ4n) is 1.12. The molecule has 0 aliphatic rings. The SMILES string of the molecule is CSC(=Nc1c(Cl)cc(SC(F)(F)F)cc1Cl)NC#N. The van der Waals surface area contributed by atoms with Crippen LogP contribution in [0.2, 0.25) is 10.0 Å². The van der Waals surface area contributed by atoms with Gasteiger partial charge in [-0.15, -0.1) is 0 Å². The van der Waals surface area contributed by atoms with Gasteiger partial charge in [-0.2, -0.15) is 18.4 Å². The molecule has 0 aromatic heterocycles. The minimum Gasteiger partial charge on any atom is -0.271 e. The quantitative estimate of drug-likeness (QED) is 0.264. The van der Waals surface area contributed by atoms with Gasteiger partial charge in [-0.3, -0.25) is 5.32 Å². The molecule has 0 heterocycles. The van der Waals surface area contributed by atoms with Gasteiger partial charge in [0.05, 0.1) is 10.0 Å². The second-order valence-corrected chi connectivity index (χ2v) is 5.89. The third kappa shape index (κ3) is 5.32. The molecule has 3 nitrogen and oxygen atoms in total. The predicted molar refractivity (Wildman–Crippen MR) is 77.7 cm³/mol. The van der Waals surface area contributed by atoms with E-state index in [-0.39, 0.29) is 37.6 Å². The van der Waals surface area contributed by atoms with Crippen molar-refractivity contribution in [1.82, 2.24) is 5.32 Å². The first kappa shape index (κ1) is 17.3. The summed E-state index contributed by atoms with van der Waals surface area (Å²) in [5.41, 5.74) is -4.32. The van der Waals surface area contributed by atoms with Crippen molar-refractivity contribution in [2.75, 3.05) is 6.26 Å². The molecule has 0 saturated carbocycles. The zero-order valence-corrected chi connectivity index (χ0v) is 12.9. The van der Waals surface area contributed by atoms with Gasteiger partial charge in [-0.1, -0.05) is 35.0 Å². The highest BCUT2D eigenvalue weighted by atomic mass is 35.5. The van der Waals surface area contributed by atoms with Crippen LogP contribution in [-0.2, 0) is 0 Å². The molecule has 0 bridgehead atoms. The maximum absolute atomic E-state index is 12.3. The Morgan fingerprint density at radius 3 is 2.30 bits per heavy atom. The van der Waals surface area contributed by atoms with E-state index in [1.165, 1.54) is 0 Å². The highest BCUT2D eigenvalue weighted by Crippen LogP contribution is 2.42. The molecular weight excluding hydrogens is 354 g/mol. The van der Waals surface area contributed by atoms with Crippen molar-refractivity contribution in [2.45, 2.75) is 10.4 Å². The monoisotopic (exact) mass is 359 g/mol. The Morgan fingerprint density at radius 1 is 1.35 bits per heavy atom. The maximum Gasteiger partial charge on any atom is 0.446 e. The second kappa shape index (κ2) is 7.31. The summed E-state index contributed by atoms with van der Waals surface area (Å²) in [5, 5.41) is 11.0. The average Bonchev–Trinajstić information content (AvgIpc) is 2.30. The number of aliphatic imine (C=N–C) groups is 1. The first-order valence-electron chi connectivity index (χ1n) is 4.79. The number of thioether (sulfide) groups is 2. The van der Waals surface area contributed by atoms with Crippen LogP contribution in [0.25, 0.3) is 0 Å². The number of benzene rings is 1. The summed E-state index contributed by atoms with van der Waals surface area (Å²) in [5.74, 6) is 0. The molecule has 1 aromatic carbocycles. The van der Waals surface area contributed by atoms with Gasteiger partial charge in [-0.25, -0.2) is 4.99 Å². The summed E-state index contributed by atoms with van der Waals surface area (Å²) in [7, 11) is 0. The number of nitriles is 1. The Kier molecular flexibility index (Phi) is 6.33. The minimum atomic E-state index is -4.43. The predicted octanol–water partition coefficient (Wildman–Crippen LogP) is 5.03. The standard InChI is InChI=1S/C10H6Cl2F3N3S2/c1-19-9(17-4-16)18-8-6(11)2-5(3-7(8)12)20-10(13,14)15/h2-3H,1H3,(H,17,18). The van der Waals surface area contributed by atoms with Gasteiger partial charge in [0.1, 0.15) is 5.69 Å². The summed E-state index contributed by atoms with van der Waals surface area (Å²) >= 11 is 12.6. The fourth-order valence-corrected chi connectivity index (χ4v) is 2.77. The van der Waals surface area contributed by atoms with Crippen LogP contribution in [0.1, 0.15) is 0 Å². The Labute approximate surface area is 131 Å². The molecule has 0 amide bonds. The molecule has 1 N–H and O–H groups in total. The number of hydrogen-bond donors (Lipinski definition) is 1. The van der Waals surface area contributed by atoms with Crippen LogP contribution < -0.4 is 5.32 Å². The van der Waals surface area contributed by atoms with Crippen molar-refractivity contribution in [1.29, 1.82) is 5.26 Å². The number of amidine groups is 1. The summed E-state index contributed by atoms with van der Waals surface area (Å²) in [6.45, 7) is 0. The van der Waals surface area contributed by atoms with Gasteiger partial charge >= 0.3 is 5.51 Å². The number of alkyl halides is 3. The van der Waals surface area contributed by atoms with E-state index in [9.17, 15) is 13.2 Å². The zero-order valence-electron chi connectivity index (χ0n) is 9.76. The third-order valence-corrected chi connectivity index (χ3v) is 3.65. The normalized spacial score (nSPS) is 12.2. The van der Waals surface area contributed by atoms with Crippen LogP contribution >= 0.6 is 46.7 Å². The van der Waals surface area contributed by atoms with Crippen molar-refractivity contribution in [3.63, 3.8) is 0 Å². The molecule has 108 valence electrons. The molecule has 0 radical (unpaired) electrons. The smallest absolute Gasteiger partial charge is 0.271 e. The average molecular weight is 360 g/mol. The summed E-state index contributed by atoms with van der Waals surface area (Å²) < 4.78 is 36.8. The molecule has 0 saturated heterocycles. The van der Waals surface area contributed by atoms with Crippen LogP contribution in [0.3, 0.4) is 0 Å². The first-order valence-corrected chi connectivity index (χ1v) is 7.59. The van der Waals surface area contributed by atoms with E-state index in [0.29, 0.717) is 0 Å². The Balaban J connectivity index is 3.16. The number of halogens is 5. The van der Waals surface area contributed by atoms with Gasteiger partial charge < -0.3 is 0 Å². The molecule has 20 heavy (non-hydrogen) atoms. The van der Waals surface area contributed by atoms with Crippen molar-refractivity contribution < 1.29 is 13.2 Å². The fraction of sp³-hybridized carbons (Fsp3) is 0.200. The molecule has 0 aliphatic carbocycles. The van der Waals surface area contributed by atoms with Crippen molar-refractivity contribution in [2.24, 2.45) is 4.99 Å². The van der Waals surface area contributed by atoms with Crippen molar-refractivity contribution >= 4 is 57.6 Å². The van der Waals surface area contributed by atoms with E-state index in [1.54, 1.807) is 12.4 Å². The Hall–Kier alpha value is -0.750. The number of rotatable bonds is 2. The number of hydrogen-bond acceptors (Lipinski definition) is 4. The molecule has 1 aromatic rings. The van der Waals surface area contributed by atoms with Gasteiger partial charge in [0.25, 0.3) is 0 Å². The number of nitrogens with one attached hydrogen (secondary N) is 1. The van der Waals surface area contributed by atoms with Crippen LogP contribution in [0.15, 0.2) is 22.0 Å². The number of nitrogens with zero attached hydrogens (tertiary/aromatic N) is 2. The molecule has 0 unspecified atom stereocenters. The molecular formula is C10H6Cl2F3N3S2. The van der Waals surface area contributed by atoms with Crippen LogP contribution in [0.5, 0.6) is 0 Å². The summed E-state index contributed by atoms with van der Waals surface area (Å²) in [4.78, 5) is 3.86. The highest BCUT2D eigenvalue weighted by Gasteiger charge is 2.29. The minimum absolute atomic E-state index is 0.0319. The topological polar surface area (TPSA) is 48.2 Å². The summed E-state index contributed by atoms with van der Waals surface area (Å²) in [6, 6.07) is 2.24. The van der Waals surface area contributed by atoms with Crippen molar-refractivity contribution in [3.05, 3.63) is 22.2 Å². The largest absolute Gasteiger partial charge is 0.446 e. The third-order valence-electron chi connectivity index (χ3n) is 1.79. The van der Waals surface area contributed by atoms with E-state index in [2.05, 4.69) is 10.3 Å². The lowest BCUT2D eigenvalue weighted by Gasteiger charge is -2.09. The molecule has 0 aliphatic heterocycles. The Bertz CT molecular complexity index is 547. The molecule has 10 heteroatoms. The Morgan fingerprint density at radius 2 is 1.90 bits per heavy atom. The van der Waals surface area contributed by atoms with Gasteiger partial charge in [-0.05, 0) is 30.2 Å². The maximum atomic E-state index is 12.3. The van der Waals surface area contributed by atoms with E-state index < -0.39 is 5.51 Å². The van der Waals surface area contributed by atoms with Gasteiger partial charge in [0.2, 0.25) is 0 Å². The summed E-state index contributed by atoms with van der Waals surface area (Å²) in [6.07, 6.45) is 3.35. The molecule has 0 atom stereocenters. The van der Waals surface area contributed by atoms with Crippen LogP contribution in [-0.4, -0.2) is 16.9 Å². The molecule has 0 fully saturated rings. The molecule has 1 rings (SSSR count). The zero-order chi connectivity index (χ0) is 15.3. The van der Waals surface area contributed by atoms with E-state index in [0.717, 1.165) is 23.9 Å². The lowest BCUT2D eigenvalue weighted by molar-refractivity contribution is -0.0328. The van der Waals surface area contributed by atoms with Crippen molar-refractivity contribution in [3.8, 4) is 6.19 Å². The lowest BCUT2D eigenvalue weighted by Crippen LogP contribution is -2.12. The first-order chi connectivity index (χ1) is 9.26. The molecule has 0 spiro atoms. The van der Waals surface area contributed by atoms with Crippen LogP contribution in [0.4, 0.5) is 18.9 Å². The van der Waals surface area contributed by atoms with E-state index in [1.807, 2.05) is 0 Å². The second-order valence-electron chi connectivity index (χ2n) is 3.14. The lowest BCUT2D eigenvalue weighted by atomic mass is 10.3. The highest BCUT2D eigenvalue weighted by molar-refractivity contribution is 8.13.